The number of benzene rings is 7. The van der Waals surface area contributed by atoms with Crippen molar-refractivity contribution in [3.8, 4) is 39.1 Å². The first-order valence-corrected chi connectivity index (χ1v) is 18.5. The largest absolute Gasteiger partial charge is 0.308 e. The smallest absolute Gasteiger partial charge is 0.268 e. The van der Waals surface area contributed by atoms with Crippen LogP contribution in [0, 0.1) is 41.5 Å². The molecule has 4 nitrogen and oxygen atoms in total. The molecule has 54 heavy (non-hydrogen) atoms. The van der Waals surface area contributed by atoms with Crippen LogP contribution >= 0.6 is 0 Å². The Morgan fingerprint density at radius 2 is 0.889 bits per heavy atom. The summed E-state index contributed by atoms with van der Waals surface area (Å²) in [7, 11) is 0. The minimum atomic E-state index is -0.321. The van der Waals surface area contributed by atoms with E-state index in [0.717, 1.165) is 44.1 Å². The van der Waals surface area contributed by atoms with Gasteiger partial charge in [0, 0.05) is 10.8 Å². The topological polar surface area (TPSA) is 42.3 Å². The molecule has 0 radical (unpaired) electrons. The SMILES string of the molecule is Cc1cc(C)c(-c2ccc3c(c2)c2cc(-c4c(C)cc(C)cc4C)ccc2n3-c2cccc3c2C(=O)N(c2ccc(-c4ccccc4)cc2)C3=O)c(C)c1. The van der Waals surface area contributed by atoms with Crippen LogP contribution in [0.15, 0.2) is 133 Å². The van der Waals surface area contributed by atoms with E-state index in [0.29, 0.717) is 22.5 Å². The molecule has 0 unspecified atom stereocenters. The lowest BCUT2D eigenvalue weighted by atomic mass is 9.91. The van der Waals surface area contributed by atoms with Crippen molar-refractivity contribution in [1.29, 1.82) is 0 Å². The molecule has 2 amide bonds. The number of hydrogen-bond acceptors (Lipinski definition) is 2. The second kappa shape index (κ2) is 12.6. The second-order valence-corrected chi connectivity index (χ2v) is 14.9. The maximum atomic E-state index is 14.5. The Morgan fingerprint density at radius 1 is 0.407 bits per heavy atom. The van der Waals surface area contributed by atoms with Crippen LogP contribution < -0.4 is 4.90 Å². The van der Waals surface area contributed by atoms with Gasteiger partial charge in [-0.15, -0.1) is 0 Å². The van der Waals surface area contributed by atoms with Crippen molar-refractivity contribution < 1.29 is 9.59 Å². The van der Waals surface area contributed by atoms with Gasteiger partial charge in [0.15, 0.2) is 0 Å². The summed E-state index contributed by atoms with van der Waals surface area (Å²) in [4.78, 5) is 29.9. The number of carbonyl (C=O) groups excluding carboxylic acids is 2. The predicted molar refractivity (Wildman–Crippen MR) is 223 cm³/mol. The molecule has 0 bridgehead atoms. The fourth-order valence-corrected chi connectivity index (χ4v) is 8.99. The van der Waals surface area contributed by atoms with Gasteiger partial charge in [-0.1, -0.05) is 96.1 Å². The van der Waals surface area contributed by atoms with Gasteiger partial charge in [-0.05, 0) is 146 Å². The Kier molecular flexibility index (Phi) is 7.75. The monoisotopic (exact) mass is 700 g/mol. The number of rotatable bonds is 5. The normalized spacial score (nSPS) is 12.7. The highest BCUT2D eigenvalue weighted by atomic mass is 16.2. The van der Waals surface area contributed by atoms with Gasteiger partial charge in [0.25, 0.3) is 11.8 Å². The van der Waals surface area contributed by atoms with Crippen molar-refractivity contribution in [3.63, 3.8) is 0 Å². The summed E-state index contributed by atoms with van der Waals surface area (Å²) in [5.41, 5.74) is 18.4. The molecular formula is C50H40N2O2. The summed E-state index contributed by atoms with van der Waals surface area (Å²) < 4.78 is 2.17. The van der Waals surface area contributed by atoms with Crippen LogP contribution in [0.3, 0.4) is 0 Å². The predicted octanol–water partition coefficient (Wildman–Crippen LogP) is 12.4. The number of imide groups is 1. The summed E-state index contributed by atoms with van der Waals surface area (Å²) >= 11 is 0. The van der Waals surface area contributed by atoms with Gasteiger partial charge in [-0.25, -0.2) is 4.90 Å². The molecule has 7 aromatic carbocycles. The second-order valence-electron chi connectivity index (χ2n) is 14.9. The minimum absolute atomic E-state index is 0.315. The van der Waals surface area contributed by atoms with Crippen molar-refractivity contribution in [2.24, 2.45) is 0 Å². The zero-order valence-corrected chi connectivity index (χ0v) is 31.4. The Morgan fingerprint density at radius 3 is 1.41 bits per heavy atom. The summed E-state index contributed by atoms with van der Waals surface area (Å²) in [5.74, 6) is -0.636. The lowest BCUT2D eigenvalue weighted by molar-refractivity contribution is 0.0926. The van der Waals surface area contributed by atoms with Gasteiger partial charge in [0.1, 0.15) is 0 Å². The number of nitrogens with zero attached hydrogens (tertiary/aromatic N) is 2. The number of aryl methyl sites for hydroxylation is 6. The van der Waals surface area contributed by atoms with E-state index in [4.69, 9.17) is 0 Å². The summed E-state index contributed by atoms with van der Waals surface area (Å²) in [6.07, 6.45) is 0. The molecule has 0 aliphatic carbocycles. The van der Waals surface area contributed by atoms with Gasteiger partial charge in [-0.3, -0.25) is 9.59 Å². The summed E-state index contributed by atoms with van der Waals surface area (Å²) in [6.45, 7) is 13.0. The number of anilines is 1. The van der Waals surface area contributed by atoms with E-state index in [1.165, 1.54) is 49.4 Å². The van der Waals surface area contributed by atoms with Gasteiger partial charge in [0.2, 0.25) is 0 Å². The lowest BCUT2D eigenvalue weighted by Crippen LogP contribution is -2.29. The average molecular weight is 701 g/mol. The van der Waals surface area contributed by atoms with E-state index in [1.807, 2.05) is 66.7 Å². The maximum Gasteiger partial charge on any atom is 0.268 e. The van der Waals surface area contributed by atoms with Crippen LogP contribution in [-0.2, 0) is 0 Å². The third-order valence-electron chi connectivity index (χ3n) is 11.1. The lowest BCUT2D eigenvalue weighted by Gasteiger charge is -2.16. The van der Waals surface area contributed by atoms with E-state index in [1.54, 1.807) is 6.07 Å². The van der Waals surface area contributed by atoms with Crippen molar-refractivity contribution in [2.45, 2.75) is 41.5 Å². The molecule has 0 fully saturated rings. The first-order chi connectivity index (χ1) is 26.1. The molecule has 1 aromatic heterocycles. The Balaban J connectivity index is 1.25. The molecule has 0 saturated carbocycles. The molecule has 4 heteroatoms. The molecular weight excluding hydrogens is 661 g/mol. The molecule has 0 saturated heterocycles. The van der Waals surface area contributed by atoms with Gasteiger partial charge in [0.05, 0.1) is 33.5 Å². The molecule has 1 aliphatic heterocycles. The number of carbonyl (C=O) groups is 2. The Hall–Kier alpha value is -6.52. The molecule has 0 spiro atoms. The van der Waals surface area contributed by atoms with Crippen LogP contribution in [0.2, 0.25) is 0 Å². The highest BCUT2D eigenvalue weighted by Crippen LogP contribution is 2.42. The van der Waals surface area contributed by atoms with Crippen LogP contribution in [0.25, 0.3) is 60.9 Å². The van der Waals surface area contributed by atoms with Gasteiger partial charge in [-0.2, -0.15) is 0 Å². The fourth-order valence-electron chi connectivity index (χ4n) is 8.99. The first-order valence-electron chi connectivity index (χ1n) is 18.5. The Labute approximate surface area is 315 Å². The van der Waals surface area contributed by atoms with Gasteiger partial charge >= 0.3 is 0 Å². The van der Waals surface area contributed by atoms with Crippen LogP contribution in [0.4, 0.5) is 5.69 Å². The van der Waals surface area contributed by atoms with Crippen LogP contribution in [0.5, 0.6) is 0 Å². The van der Waals surface area contributed by atoms with E-state index < -0.39 is 0 Å². The number of amides is 2. The zero-order chi connectivity index (χ0) is 37.4. The molecule has 9 rings (SSSR count). The maximum absolute atomic E-state index is 14.5. The van der Waals surface area contributed by atoms with E-state index in [-0.39, 0.29) is 11.8 Å². The minimum Gasteiger partial charge on any atom is -0.308 e. The molecule has 262 valence electrons. The van der Waals surface area contributed by atoms with Crippen LogP contribution in [0.1, 0.15) is 54.1 Å². The van der Waals surface area contributed by atoms with E-state index in [2.05, 4.69) is 107 Å². The highest BCUT2D eigenvalue weighted by Gasteiger charge is 2.39. The zero-order valence-electron chi connectivity index (χ0n) is 31.4. The third kappa shape index (κ3) is 5.21. The average Bonchev–Trinajstić information content (AvgIpc) is 3.61. The Bertz CT molecular complexity index is 2700. The molecule has 1 aliphatic rings. The standard InChI is InChI=1S/C50H40N2O2/c1-29-23-31(3)46(32(4)24-29)37-17-21-43-41(27-37)42-28-38(47-33(5)25-30(2)26-34(47)6)18-22-44(42)52(43)45-14-10-13-40-48(45)50(54)51(49(40)53)39-19-15-36(16-20-39)35-11-8-7-9-12-35/h7-28H,1-6H3. The third-order valence-corrected chi connectivity index (χ3v) is 11.1. The summed E-state index contributed by atoms with van der Waals surface area (Å²) in [6, 6.07) is 45.7. The van der Waals surface area contributed by atoms with Gasteiger partial charge < -0.3 is 4.57 Å². The molecule has 2 heterocycles. The first kappa shape index (κ1) is 33.3. The fraction of sp³-hybridized carbons (Fsp3) is 0.120. The molecule has 0 atom stereocenters. The van der Waals surface area contributed by atoms with Crippen LogP contribution in [-0.4, -0.2) is 16.4 Å². The number of fused-ring (bicyclic) bond motifs is 4. The molecule has 8 aromatic rings. The van der Waals surface area contributed by atoms with Crippen molar-refractivity contribution in [2.75, 3.05) is 4.90 Å². The van der Waals surface area contributed by atoms with Crippen molar-refractivity contribution in [1.82, 2.24) is 4.57 Å². The number of aromatic nitrogens is 1. The van der Waals surface area contributed by atoms with Crippen molar-refractivity contribution in [3.05, 3.63) is 178 Å². The quantitative estimate of drug-likeness (QED) is 0.168. The number of hydrogen-bond donors (Lipinski definition) is 0. The van der Waals surface area contributed by atoms with E-state index in [9.17, 15) is 9.59 Å². The molecule has 0 N–H and O–H groups in total. The highest BCUT2D eigenvalue weighted by molar-refractivity contribution is 6.35. The van der Waals surface area contributed by atoms with Crippen molar-refractivity contribution >= 4 is 39.3 Å². The van der Waals surface area contributed by atoms with E-state index >= 15 is 0 Å². The summed E-state index contributed by atoms with van der Waals surface area (Å²) in [5, 5.41) is 2.18.